The smallest absolute Gasteiger partial charge is 0.271 e. The molecule has 0 aliphatic carbocycles. The Morgan fingerprint density at radius 2 is 1.51 bits per heavy atom. The number of amides is 1. The average Bonchev–Trinajstić information content (AvgIpc) is 3.46. The molecule has 0 fully saturated rings. The second kappa shape index (κ2) is 14.3. The van der Waals surface area contributed by atoms with Gasteiger partial charge in [0.15, 0.2) is 16.3 Å². The van der Waals surface area contributed by atoms with Crippen molar-refractivity contribution in [3.8, 4) is 17.2 Å². The number of carbonyl (C=O) groups is 1. The molecule has 1 aromatic heterocycles. The van der Waals surface area contributed by atoms with Crippen LogP contribution in [0.2, 0.25) is 0 Å². The number of likely N-dealkylation sites (N-methyl/N-ethyl adjacent to an activating group) is 1. The Labute approximate surface area is 300 Å². The zero-order valence-electron chi connectivity index (χ0n) is 29.3. The van der Waals surface area contributed by atoms with Crippen molar-refractivity contribution in [3.05, 3.63) is 145 Å². The van der Waals surface area contributed by atoms with Gasteiger partial charge in [0.2, 0.25) is 0 Å². The average molecular weight is 698 g/mol. The second-order valence-electron chi connectivity index (χ2n) is 12.3. The lowest BCUT2D eigenvalue weighted by molar-refractivity contribution is -0.127. The van der Waals surface area contributed by atoms with E-state index in [4.69, 9.17) is 19.2 Å². The lowest BCUT2D eigenvalue weighted by Gasteiger charge is -2.30. The van der Waals surface area contributed by atoms with Crippen LogP contribution in [0, 0.1) is 0 Å². The van der Waals surface area contributed by atoms with Crippen LogP contribution in [0.4, 0.5) is 0 Å². The van der Waals surface area contributed by atoms with Gasteiger partial charge in [-0.1, -0.05) is 90.2 Å². The Kier molecular flexibility index (Phi) is 9.47. The van der Waals surface area contributed by atoms with Gasteiger partial charge in [-0.25, -0.2) is 4.99 Å². The molecule has 258 valence electrons. The van der Waals surface area contributed by atoms with Crippen molar-refractivity contribution in [2.24, 2.45) is 4.99 Å². The Bertz CT molecular complexity index is 2510. The van der Waals surface area contributed by atoms with E-state index in [9.17, 15) is 9.59 Å². The minimum atomic E-state index is -0.753. The van der Waals surface area contributed by atoms with E-state index >= 15 is 0 Å². The molecule has 2 heterocycles. The molecule has 0 unspecified atom stereocenters. The van der Waals surface area contributed by atoms with E-state index in [1.807, 2.05) is 99.6 Å². The number of hydrogen-bond donors (Lipinski definition) is 0. The molecule has 0 saturated heterocycles. The van der Waals surface area contributed by atoms with Crippen LogP contribution in [0.3, 0.4) is 0 Å². The monoisotopic (exact) mass is 697 g/mol. The molecule has 0 saturated carbocycles. The Balaban J connectivity index is 1.33. The van der Waals surface area contributed by atoms with Crippen LogP contribution in [0.1, 0.15) is 43.5 Å². The van der Waals surface area contributed by atoms with Crippen molar-refractivity contribution in [1.29, 1.82) is 0 Å². The topological polar surface area (TPSA) is 82.4 Å². The van der Waals surface area contributed by atoms with Crippen molar-refractivity contribution in [2.45, 2.75) is 33.4 Å². The maximum atomic E-state index is 14.5. The number of benzene rings is 5. The molecule has 5 aromatic carbocycles. The number of nitrogens with zero attached hydrogens (tertiary/aromatic N) is 3. The Morgan fingerprint density at radius 3 is 2.24 bits per heavy atom. The third kappa shape index (κ3) is 6.18. The van der Waals surface area contributed by atoms with Crippen LogP contribution in [0.25, 0.3) is 27.6 Å². The maximum absolute atomic E-state index is 14.5. The molecular weight excluding hydrogens is 659 g/mol. The number of fused-ring (bicyclic) bond motifs is 3. The maximum Gasteiger partial charge on any atom is 0.271 e. The number of hydrogen-bond acceptors (Lipinski definition) is 7. The number of rotatable bonds is 10. The van der Waals surface area contributed by atoms with Crippen LogP contribution >= 0.6 is 11.3 Å². The number of ether oxygens (including phenoxy) is 3. The Hall–Kier alpha value is -5.67. The normalized spacial score (nSPS) is 14.4. The molecular formula is C42H39N3O5S. The largest absolute Gasteiger partial charge is 0.496 e. The van der Waals surface area contributed by atoms with Gasteiger partial charge in [-0.3, -0.25) is 14.2 Å². The van der Waals surface area contributed by atoms with Crippen LogP contribution in [-0.2, 0) is 11.4 Å². The zero-order valence-corrected chi connectivity index (χ0v) is 30.1. The number of thiazole rings is 1. The first kappa shape index (κ1) is 33.8. The van der Waals surface area contributed by atoms with Gasteiger partial charge in [-0.05, 0) is 77.7 Å². The van der Waals surface area contributed by atoms with E-state index < -0.39 is 6.04 Å². The minimum absolute atomic E-state index is 0.153. The summed E-state index contributed by atoms with van der Waals surface area (Å²) < 4.78 is 20.1. The molecule has 7 rings (SSSR count). The standard InChI is InChI=1S/C42H39N3O5S/c1-6-44(7-2)41(47)37-26(3)43-42-45(39(37)38-32-18-11-9-14-29(32)20-22-34(38)48-4)40(46)36(51-42)24-27-19-21-33(35(23-27)49-5)50-25-30-16-12-15-28-13-8-10-17-31(28)30/h8-24,39H,6-7,25H2,1-5H3/b36-24+/t39-/m0/s1. The summed E-state index contributed by atoms with van der Waals surface area (Å²) in [6.07, 6.45) is 1.84. The fraction of sp³-hybridized carbons (Fsp3) is 0.214. The van der Waals surface area contributed by atoms with E-state index in [1.54, 1.807) is 23.7 Å². The van der Waals surface area contributed by atoms with Gasteiger partial charge in [0.25, 0.3) is 11.5 Å². The first-order chi connectivity index (χ1) is 24.9. The molecule has 1 atom stereocenters. The number of aromatic nitrogens is 1. The van der Waals surface area contributed by atoms with E-state index in [0.717, 1.165) is 38.2 Å². The SMILES string of the molecule is CCN(CC)C(=O)C1=C(C)N=c2s/c(=C/c3ccc(OCc4cccc5ccccc45)c(OC)c3)c(=O)n2[C@@H]1c1c(OC)ccc2ccccc12. The summed E-state index contributed by atoms with van der Waals surface area (Å²) >= 11 is 1.29. The van der Waals surface area contributed by atoms with Gasteiger partial charge in [0, 0.05) is 18.7 Å². The molecule has 9 heteroatoms. The van der Waals surface area contributed by atoms with Crippen LogP contribution < -0.4 is 29.1 Å². The molecule has 0 N–H and O–H groups in total. The quantitative estimate of drug-likeness (QED) is 0.154. The highest BCUT2D eigenvalue weighted by Gasteiger charge is 2.36. The van der Waals surface area contributed by atoms with E-state index in [2.05, 4.69) is 24.3 Å². The second-order valence-corrected chi connectivity index (χ2v) is 13.3. The van der Waals surface area contributed by atoms with Crippen LogP contribution in [-0.4, -0.2) is 42.7 Å². The van der Waals surface area contributed by atoms with E-state index in [0.29, 0.717) is 57.5 Å². The highest BCUT2D eigenvalue weighted by molar-refractivity contribution is 7.07. The van der Waals surface area contributed by atoms with E-state index in [-0.39, 0.29) is 11.5 Å². The Morgan fingerprint density at radius 1 is 0.843 bits per heavy atom. The molecule has 1 aliphatic heterocycles. The van der Waals surface area contributed by atoms with Crippen LogP contribution in [0.15, 0.2) is 118 Å². The van der Waals surface area contributed by atoms with Gasteiger partial charge in [-0.2, -0.15) is 0 Å². The molecule has 51 heavy (non-hydrogen) atoms. The summed E-state index contributed by atoms with van der Waals surface area (Å²) in [5.41, 5.74) is 3.39. The summed E-state index contributed by atoms with van der Waals surface area (Å²) in [7, 11) is 3.22. The summed E-state index contributed by atoms with van der Waals surface area (Å²) in [6.45, 7) is 7.18. The third-order valence-electron chi connectivity index (χ3n) is 9.48. The van der Waals surface area contributed by atoms with Gasteiger partial charge in [-0.15, -0.1) is 0 Å². The first-order valence-corrected chi connectivity index (χ1v) is 17.8. The lowest BCUT2D eigenvalue weighted by atomic mass is 9.90. The minimum Gasteiger partial charge on any atom is -0.496 e. The number of allylic oxidation sites excluding steroid dienone is 1. The van der Waals surface area contributed by atoms with Crippen molar-refractivity contribution in [1.82, 2.24) is 9.47 Å². The van der Waals surface area contributed by atoms with Gasteiger partial charge in [0.1, 0.15) is 18.4 Å². The molecule has 6 aromatic rings. The predicted octanol–water partition coefficient (Wildman–Crippen LogP) is 7.01. The van der Waals surface area contributed by atoms with Gasteiger partial charge < -0.3 is 19.1 Å². The zero-order chi connectivity index (χ0) is 35.6. The molecule has 0 radical (unpaired) electrons. The number of methoxy groups -OCH3 is 2. The molecule has 0 bridgehead atoms. The summed E-state index contributed by atoms with van der Waals surface area (Å²) in [5, 5.41) is 4.18. The van der Waals surface area contributed by atoms with Gasteiger partial charge >= 0.3 is 0 Å². The van der Waals surface area contributed by atoms with E-state index in [1.165, 1.54) is 11.3 Å². The summed E-state index contributed by atoms with van der Waals surface area (Å²) in [4.78, 5) is 35.9. The molecule has 1 aliphatic rings. The number of carbonyl (C=O) groups excluding carboxylic acids is 1. The molecule has 0 spiro atoms. The highest BCUT2D eigenvalue weighted by Crippen LogP contribution is 2.40. The van der Waals surface area contributed by atoms with Crippen molar-refractivity contribution in [3.63, 3.8) is 0 Å². The fourth-order valence-corrected chi connectivity index (χ4v) is 7.95. The lowest BCUT2D eigenvalue weighted by Crippen LogP contribution is -2.43. The van der Waals surface area contributed by atoms with Crippen molar-refractivity contribution < 1.29 is 19.0 Å². The molecule has 8 nitrogen and oxygen atoms in total. The first-order valence-electron chi connectivity index (χ1n) is 17.0. The predicted molar refractivity (Wildman–Crippen MR) is 203 cm³/mol. The highest BCUT2D eigenvalue weighted by atomic mass is 32.1. The molecule has 1 amide bonds. The summed E-state index contributed by atoms with van der Waals surface area (Å²) in [6, 6.07) is 31.1. The fourth-order valence-electron chi connectivity index (χ4n) is 6.90. The van der Waals surface area contributed by atoms with Crippen molar-refractivity contribution >= 4 is 44.9 Å². The van der Waals surface area contributed by atoms with Crippen molar-refractivity contribution in [2.75, 3.05) is 27.3 Å². The van der Waals surface area contributed by atoms with Crippen LogP contribution in [0.5, 0.6) is 17.2 Å². The van der Waals surface area contributed by atoms with Gasteiger partial charge in [0.05, 0.1) is 30.0 Å². The summed E-state index contributed by atoms with van der Waals surface area (Å²) in [5.74, 6) is 1.59. The third-order valence-corrected chi connectivity index (χ3v) is 10.5.